The van der Waals surface area contributed by atoms with E-state index in [1.807, 2.05) is 48.8 Å². The van der Waals surface area contributed by atoms with Gasteiger partial charge in [0.25, 0.3) is 0 Å². The Morgan fingerprint density at radius 2 is 1.61 bits per heavy atom. The fourth-order valence-electron chi connectivity index (χ4n) is 7.55. The smallest absolute Gasteiger partial charge is 0.121 e. The Morgan fingerprint density at radius 1 is 0.857 bits per heavy atom. The van der Waals surface area contributed by atoms with Crippen molar-refractivity contribution in [3.05, 3.63) is 109 Å². The van der Waals surface area contributed by atoms with E-state index in [1.54, 1.807) is 0 Å². The summed E-state index contributed by atoms with van der Waals surface area (Å²) in [5.74, 6) is 2.63. The van der Waals surface area contributed by atoms with Gasteiger partial charge in [-0.3, -0.25) is 0 Å². The monoisotopic (exact) mass is 844 g/mol. The molecule has 0 saturated heterocycles. The number of furan rings is 1. The quantitative estimate of drug-likeness (QED) is 0.113. The van der Waals surface area contributed by atoms with Gasteiger partial charge in [0.2, 0.25) is 0 Å². The van der Waals surface area contributed by atoms with Crippen LogP contribution in [0.4, 0.5) is 0 Å². The van der Waals surface area contributed by atoms with Gasteiger partial charge in [-0.15, -0.1) is 35.9 Å². The van der Waals surface area contributed by atoms with Crippen LogP contribution in [0.2, 0.25) is 19.6 Å². The zero-order valence-electron chi connectivity index (χ0n) is 30.0. The minimum Gasteiger partial charge on any atom is -0.500 e. The average Bonchev–Trinajstić information content (AvgIpc) is 3.73. The number of nitrogens with zero attached hydrogens (tertiary/aromatic N) is 3. The van der Waals surface area contributed by atoms with Gasteiger partial charge in [0.15, 0.2) is 0 Å². The molecule has 1 aliphatic carbocycles. The van der Waals surface area contributed by atoms with E-state index < -0.39 is 8.07 Å². The molecular weight excluding hydrogens is 795 g/mol. The third-order valence-corrected chi connectivity index (χ3v) is 11.8. The van der Waals surface area contributed by atoms with Gasteiger partial charge in [0.1, 0.15) is 5.58 Å². The molecule has 7 rings (SSSR count). The van der Waals surface area contributed by atoms with Crippen molar-refractivity contribution >= 4 is 35.2 Å². The summed E-state index contributed by atoms with van der Waals surface area (Å²) in [5, 5.41) is 3.60. The SMILES string of the molecule is CC(C)C(c1ccnc(-c2[c-]ncc3c2oc2ccccc23)c1)C1CCCC1.CC(C)Cc1cc(-c2[c-]cccc2)ncc1[Si](C)(C)C.[Ir]. The van der Waals surface area contributed by atoms with Gasteiger partial charge in [0.05, 0.1) is 13.7 Å². The molecule has 0 bridgehead atoms. The van der Waals surface area contributed by atoms with Crippen molar-refractivity contribution in [1.82, 2.24) is 15.0 Å². The number of rotatable bonds is 8. The summed E-state index contributed by atoms with van der Waals surface area (Å²) in [5.41, 5.74) is 8.44. The molecular formula is C43H49IrN3OSi-2. The first-order valence-electron chi connectivity index (χ1n) is 17.7. The molecule has 1 aliphatic rings. The zero-order chi connectivity index (χ0) is 33.8. The van der Waals surface area contributed by atoms with E-state index in [-0.39, 0.29) is 20.1 Å². The second-order valence-electron chi connectivity index (χ2n) is 15.2. The third kappa shape index (κ3) is 8.48. The number of fused-ring (bicyclic) bond motifs is 3. The molecule has 1 fully saturated rings. The summed E-state index contributed by atoms with van der Waals surface area (Å²) in [6, 6.07) is 26.1. The van der Waals surface area contributed by atoms with Crippen LogP contribution in [-0.2, 0) is 26.5 Å². The maximum atomic E-state index is 6.17. The molecule has 2 aromatic carbocycles. The number of hydrogen-bond acceptors (Lipinski definition) is 4. The summed E-state index contributed by atoms with van der Waals surface area (Å²) in [7, 11) is -1.34. The molecule has 1 atom stereocenters. The average molecular weight is 844 g/mol. The van der Waals surface area contributed by atoms with Crippen LogP contribution in [0.15, 0.2) is 89.7 Å². The Hall–Kier alpha value is -3.44. The molecule has 4 heterocycles. The van der Waals surface area contributed by atoms with Crippen LogP contribution in [0.1, 0.15) is 70.4 Å². The largest absolute Gasteiger partial charge is 0.500 e. The van der Waals surface area contributed by atoms with Crippen LogP contribution in [0, 0.1) is 30.0 Å². The fourth-order valence-corrected chi connectivity index (χ4v) is 9.14. The molecule has 1 unspecified atom stereocenters. The topological polar surface area (TPSA) is 51.8 Å². The van der Waals surface area contributed by atoms with Crippen molar-refractivity contribution in [1.29, 1.82) is 0 Å². The maximum Gasteiger partial charge on any atom is 0.121 e. The van der Waals surface area contributed by atoms with Crippen molar-refractivity contribution in [3.63, 3.8) is 0 Å². The molecule has 0 N–H and O–H groups in total. The molecule has 6 heteroatoms. The van der Waals surface area contributed by atoms with Gasteiger partial charge in [-0.05, 0) is 95.0 Å². The first-order valence-corrected chi connectivity index (χ1v) is 21.2. The number of benzene rings is 2. The van der Waals surface area contributed by atoms with E-state index in [2.05, 4.69) is 111 Å². The van der Waals surface area contributed by atoms with E-state index in [9.17, 15) is 0 Å². The Balaban J connectivity index is 0.000000199. The van der Waals surface area contributed by atoms with Crippen LogP contribution in [0.25, 0.3) is 44.5 Å². The van der Waals surface area contributed by atoms with Gasteiger partial charge >= 0.3 is 0 Å². The predicted octanol–water partition coefficient (Wildman–Crippen LogP) is 11.1. The standard InChI is InChI=1S/C25H25N2O.C18H24NSi.Ir/c1-16(2)24(17-7-3-4-8-17)18-11-12-27-22(13-18)21-15-26-14-20-19-9-5-6-10-23(19)28-25(20)21;1-14(2)11-16-12-17(15-9-7-6-8-10-15)19-13-18(16)20(3,4)5;/h5-6,9-14,16-17,24H,3-4,7-8H2,1-2H3;6-9,12-14H,11H2,1-5H3;/q2*-1;. The third-order valence-electron chi connectivity index (χ3n) is 9.69. The van der Waals surface area contributed by atoms with Crippen molar-refractivity contribution < 1.29 is 24.5 Å². The van der Waals surface area contributed by atoms with E-state index in [4.69, 9.17) is 4.42 Å². The second kappa shape index (κ2) is 16.1. The van der Waals surface area contributed by atoms with Gasteiger partial charge in [-0.25, -0.2) is 0 Å². The fraction of sp³-hybridized carbons (Fsp3) is 0.372. The summed E-state index contributed by atoms with van der Waals surface area (Å²) in [4.78, 5) is 13.7. The normalized spacial score (nSPS) is 14.2. The van der Waals surface area contributed by atoms with Crippen molar-refractivity contribution in [2.24, 2.45) is 17.8 Å². The van der Waals surface area contributed by atoms with Gasteiger partial charge in [0, 0.05) is 37.9 Å². The predicted molar refractivity (Wildman–Crippen MR) is 203 cm³/mol. The molecule has 49 heavy (non-hydrogen) atoms. The zero-order valence-corrected chi connectivity index (χ0v) is 33.4. The molecule has 4 nitrogen and oxygen atoms in total. The van der Waals surface area contributed by atoms with Gasteiger partial charge in [-0.2, -0.15) is 0 Å². The Bertz CT molecular complexity index is 1970. The molecule has 1 saturated carbocycles. The molecule has 0 aliphatic heterocycles. The van der Waals surface area contributed by atoms with Crippen LogP contribution >= 0.6 is 0 Å². The number of para-hydroxylation sites is 1. The van der Waals surface area contributed by atoms with Crippen LogP contribution in [-0.4, -0.2) is 23.0 Å². The van der Waals surface area contributed by atoms with Crippen LogP contribution < -0.4 is 5.19 Å². The minimum absolute atomic E-state index is 0. The summed E-state index contributed by atoms with van der Waals surface area (Å²) < 4.78 is 6.17. The maximum absolute atomic E-state index is 6.17. The molecule has 257 valence electrons. The Morgan fingerprint density at radius 3 is 2.31 bits per heavy atom. The minimum atomic E-state index is -1.34. The first-order chi connectivity index (χ1) is 23.1. The second-order valence-corrected chi connectivity index (χ2v) is 20.3. The van der Waals surface area contributed by atoms with Crippen LogP contribution in [0.3, 0.4) is 0 Å². The van der Waals surface area contributed by atoms with Crippen molar-refractivity contribution in [2.75, 3.05) is 0 Å². The Labute approximate surface area is 307 Å². The van der Waals surface area contributed by atoms with Crippen molar-refractivity contribution in [2.45, 2.75) is 85.4 Å². The number of pyridine rings is 3. The van der Waals surface area contributed by atoms with E-state index in [1.165, 1.54) is 42.0 Å². The molecule has 0 spiro atoms. The van der Waals surface area contributed by atoms with E-state index >= 15 is 0 Å². The van der Waals surface area contributed by atoms with Gasteiger partial charge < -0.3 is 19.4 Å². The van der Waals surface area contributed by atoms with Crippen LogP contribution in [0.5, 0.6) is 0 Å². The summed E-state index contributed by atoms with van der Waals surface area (Å²) >= 11 is 0. The summed E-state index contributed by atoms with van der Waals surface area (Å²) in [6.07, 6.45) is 15.6. The Kier molecular flexibility index (Phi) is 12.1. The van der Waals surface area contributed by atoms with E-state index in [0.29, 0.717) is 17.8 Å². The number of hydrogen-bond donors (Lipinski definition) is 0. The van der Waals surface area contributed by atoms with Crippen molar-refractivity contribution in [3.8, 4) is 22.5 Å². The molecule has 0 amide bonds. The summed E-state index contributed by atoms with van der Waals surface area (Å²) in [6.45, 7) is 16.4. The molecule has 4 aromatic heterocycles. The first kappa shape index (κ1) is 36.8. The molecule has 6 aromatic rings. The number of aromatic nitrogens is 3. The van der Waals surface area contributed by atoms with Gasteiger partial charge in [-0.1, -0.05) is 102 Å². The van der Waals surface area contributed by atoms with E-state index in [0.717, 1.165) is 56.8 Å². The molecule has 1 radical (unpaired) electrons.